The number of rotatable bonds is 5. The Labute approximate surface area is 177 Å². The first-order valence-electron chi connectivity index (χ1n) is 9.39. The van der Waals surface area contributed by atoms with Crippen LogP contribution in [0.1, 0.15) is 16.8 Å². The number of nitrogens with zero attached hydrogens (tertiary/aromatic N) is 4. The van der Waals surface area contributed by atoms with E-state index in [2.05, 4.69) is 19.7 Å². The number of aromatic nitrogens is 2. The molecule has 4 rings (SSSR count). The summed E-state index contributed by atoms with van der Waals surface area (Å²) < 4.78 is 29.9. The van der Waals surface area contributed by atoms with Crippen molar-refractivity contribution in [2.75, 3.05) is 7.05 Å². The van der Waals surface area contributed by atoms with Gasteiger partial charge in [0, 0.05) is 31.2 Å². The van der Waals surface area contributed by atoms with Gasteiger partial charge >= 0.3 is 6.61 Å². The van der Waals surface area contributed by atoms with Crippen LogP contribution < -0.4 is 10.5 Å². The highest BCUT2D eigenvalue weighted by atomic mass is 19.3. The van der Waals surface area contributed by atoms with E-state index in [9.17, 15) is 13.6 Å². The molecule has 1 aliphatic rings. The zero-order valence-electron chi connectivity index (χ0n) is 16.8. The molecular weight excluding hydrogens is 404 g/mol. The number of ether oxygens (including phenoxy) is 1. The number of carbonyl (C=O) groups excluding carboxylic acids is 1. The van der Waals surface area contributed by atoms with E-state index in [4.69, 9.17) is 5.73 Å². The van der Waals surface area contributed by atoms with Crippen molar-refractivity contribution < 1.29 is 18.3 Å². The maximum absolute atomic E-state index is 13.4. The van der Waals surface area contributed by atoms with Crippen LogP contribution in [0, 0.1) is 6.92 Å². The van der Waals surface area contributed by atoms with Gasteiger partial charge in [0.05, 0.1) is 5.69 Å². The minimum atomic E-state index is -2.95. The molecule has 31 heavy (non-hydrogen) atoms. The van der Waals surface area contributed by atoms with E-state index < -0.39 is 18.1 Å². The Morgan fingerprint density at radius 2 is 1.94 bits per heavy atom. The molecule has 0 aliphatic carbocycles. The van der Waals surface area contributed by atoms with Gasteiger partial charge in [-0.2, -0.15) is 8.78 Å². The number of aliphatic imine (C=N–C) groups is 1. The number of halogens is 2. The molecule has 1 atom stereocenters. The average Bonchev–Trinajstić information content (AvgIpc) is 3.00. The summed E-state index contributed by atoms with van der Waals surface area (Å²) in [6.07, 6.45) is 4.95. The van der Waals surface area contributed by atoms with Gasteiger partial charge < -0.3 is 10.5 Å². The predicted molar refractivity (Wildman–Crippen MR) is 110 cm³/mol. The van der Waals surface area contributed by atoms with E-state index >= 15 is 0 Å². The summed E-state index contributed by atoms with van der Waals surface area (Å²) in [5, 5.41) is 0. The fourth-order valence-corrected chi connectivity index (χ4v) is 3.59. The number of pyridine rings is 2. The molecule has 1 aliphatic heterocycles. The molecule has 2 N–H and O–H groups in total. The Hall–Kier alpha value is -3.88. The van der Waals surface area contributed by atoms with Gasteiger partial charge in [-0.1, -0.05) is 12.1 Å². The van der Waals surface area contributed by atoms with Crippen molar-refractivity contribution in [1.29, 1.82) is 0 Å². The second kappa shape index (κ2) is 7.75. The Morgan fingerprint density at radius 1 is 1.13 bits per heavy atom. The Bertz CT molecular complexity index is 1170. The van der Waals surface area contributed by atoms with Gasteiger partial charge in [0.25, 0.3) is 5.91 Å². The Balaban J connectivity index is 1.90. The van der Waals surface area contributed by atoms with Crippen LogP contribution in [0.3, 0.4) is 0 Å². The summed E-state index contributed by atoms with van der Waals surface area (Å²) >= 11 is 0. The molecule has 0 bridgehead atoms. The molecule has 0 spiro atoms. The molecule has 0 fully saturated rings. The molecule has 2 aromatic heterocycles. The lowest BCUT2D eigenvalue weighted by Crippen LogP contribution is -2.41. The van der Waals surface area contributed by atoms with Crippen LogP contribution >= 0.6 is 0 Å². The maximum atomic E-state index is 13.4. The lowest BCUT2D eigenvalue weighted by atomic mass is 9.84. The van der Waals surface area contributed by atoms with Crippen LogP contribution in [0.25, 0.3) is 11.1 Å². The first-order valence-corrected chi connectivity index (χ1v) is 9.39. The first kappa shape index (κ1) is 20.4. The number of nitrogens with two attached hydrogens (primary N) is 1. The molecule has 9 heteroatoms. The van der Waals surface area contributed by atoms with Crippen LogP contribution in [0.2, 0.25) is 0 Å². The van der Waals surface area contributed by atoms with E-state index in [1.165, 1.54) is 24.1 Å². The summed E-state index contributed by atoms with van der Waals surface area (Å²) in [7, 11) is 1.52. The van der Waals surface area contributed by atoms with Crippen molar-refractivity contribution in [2.45, 2.75) is 19.1 Å². The van der Waals surface area contributed by atoms with Crippen LogP contribution in [0.15, 0.2) is 66.0 Å². The van der Waals surface area contributed by atoms with E-state index in [1.54, 1.807) is 49.8 Å². The van der Waals surface area contributed by atoms with Crippen molar-refractivity contribution in [1.82, 2.24) is 14.9 Å². The quantitative estimate of drug-likeness (QED) is 0.681. The van der Waals surface area contributed by atoms with Gasteiger partial charge in [0.1, 0.15) is 5.75 Å². The smallest absolute Gasteiger partial charge is 0.387 e. The van der Waals surface area contributed by atoms with E-state index in [1.807, 2.05) is 6.07 Å². The normalized spacial score (nSPS) is 18.4. The van der Waals surface area contributed by atoms with Gasteiger partial charge in [-0.3, -0.25) is 19.7 Å². The number of hydrogen-bond acceptors (Lipinski definition) is 6. The predicted octanol–water partition coefficient (Wildman–Crippen LogP) is 3.08. The fourth-order valence-electron chi connectivity index (χ4n) is 3.59. The van der Waals surface area contributed by atoms with E-state index in [-0.39, 0.29) is 11.7 Å². The molecule has 0 radical (unpaired) electrons. The summed E-state index contributed by atoms with van der Waals surface area (Å²) in [4.78, 5) is 27.7. The fraction of sp³-hybridized carbons (Fsp3) is 0.182. The summed E-state index contributed by atoms with van der Waals surface area (Å²) in [6, 6.07) is 11.8. The van der Waals surface area contributed by atoms with E-state index in [0.29, 0.717) is 16.8 Å². The highest BCUT2D eigenvalue weighted by Crippen LogP contribution is 2.40. The van der Waals surface area contributed by atoms with Crippen molar-refractivity contribution in [3.63, 3.8) is 0 Å². The topological polar surface area (TPSA) is 93.7 Å². The average molecular weight is 423 g/mol. The Morgan fingerprint density at radius 3 is 2.55 bits per heavy atom. The maximum Gasteiger partial charge on any atom is 0.387 e. The van der Waals surface area contributed by atoms with Crippen molar-refractivity contribution in [3.05, 3.63) is 77.9 Å². The number of carbonyl (C=O) groups is 1. The number of likely N-dealkylation sites (N-methyl/N-ethyl adjacent to an activating group) is 1. The molecule has 0 saturated heterocycles. The highest BCUT2D eigenvalue weighted by Gasteiger charge is 2.51. The molecule has 3 aromatic rings. The summed E-state index contributed by atoms with van der Waals surface area (Å²) in [5.41, 5.74) is 7.31. The lowest BCUT2D eigenvalue weighted by molar-refractivity contribution is -0.129. The van der Waals surface area contributed by atoms with Crippen LogP contribution in [-0.2, 0) is 10.3 Å². The zero-order chi connectivity index (χ0) is 22.2. The molecule has 3 heterocycles. The van der Waals surface area contributed by atoms with Gasteiger partial charge in [0.2, 0.25) is 5.54 Å². The third kappa shape index (κ3) is 3.48. The third-order valence-corrected chi connectivity index (χ3v) is 5.17. The minimum Gasteiger partial charge on any atom is -0.435 e. The van der Waals surface area contributed by atoms with Crippen molar-refractivity contribution >= 4 is 11.9 Å². The minimum absolute atomic E-state index is 0.0155. The van der Waals surface area contributed by atoms with Gasteiger partial charge in [-0.25, -0.2) is 4.99 Å². The van der Waals surface area contributed by atoms with Crippen LogP contribution in [0.4, 0.5) is 8.78 Å². The Kier molecular flexibility index (Phi) is 5.10. The molecule has 7 nitrogen and oxygen atoms in total. The van der Waals surface area contributed by atoms with E-state index in [0.717, 1.165) is 11.1 Å². The SMILES string of the molecule is Cc1cc(C2(c3cc(-c4cccnc4)ccn3)N=C(N)N(C)C2=O)ccc1OC(F)F. The standard InChI is InChI=1S/C22H19F2N5O2/c1-13-10-16(5-6-17(13)31-20(23)24)22(19(30)29(2)21(25)28-22)18-11-14(7-9-27-18)15-4-3-8-26-12-15/h3-12,20H,1-2H3,(H2,25,28). The number of benzene rings is 1. The van der Waals surface area contributed by atoms with Gasteiger partial charge in [0.15, 0.2) is 5.96 Å². The molecule has 0 saturated carbocycles. The largest absolute Gasteiger partial charge is 0.435 e. The number of amides is 1. The first-order chi connectivity index (χ1) is 14.8. The number of aryl methyl sites for hydroxylation is 1. The number of alkyl halides is 2. The summed E-state index contributed by atoms with van der Waals surface area (Å²) in [5.74, 6) is -0.353. The second-order valence-electron chi connectivity index (χ2n) is 7.07. The molecule has 1 amide bonds. The molecular formula is C22H19F2N5O2. The molecule has 1 aromatic carbocycles. The number of guanidine groups is 1. The lowest BCUT2D eigenvalue weighted by Gasteiger charge is -2.26. The van der Waals surface area contributed by atoms with Gasteiger partial charge in [-0.05, 0) is 53.9 Å². The zero-order valence-corrected chi connectivity index (χ0v) is 16.8. The highest BCUT2D eigenvalue weighted by molar-refractivity contribution is 6.08. The molecule has 158 valence electrons. The summed E-state index contributed by atoms with van der Waals surface area (Å²) in [6.45, 7) is -1.34. The number of hydrogen-bond donors (Lipinski definition) is 1. The van der Waals surface area contributed by atoms with Crippen LogP contribution in [0.5, 0.6) is 5.75 Å². The van der Waals surface area contributed by atoms with Crippen LogP contribution in [-0.4, -0.2) is 40.4 Å². The second-order valence-corrected chi connectivity index (χ2v) is 7.07. The molecule has 1 unspecified atom stereocenters. The van der Waals surface area contributed by atoms with Crippen molar-refractivity contribution in [3.8, 4) is 16.9 Å². The van der Waals surface area contributed by atoms with Gasteiger partial charge in [-0.15, -0.1) is 0 Å². The monoisotopic (exact) mass is 423 g/mol. The van der Waals surface area contributed by atoms with Crippen molar-refractivity contribution in [2.24, 2.45) is 10.7 Å². The third-order valence-electron chi connectivity index (χ3n) is 5.17.